The van der Waals surface area contributed by atoms with Gasteiger partial charge in [-0.1, -0.05) is 5.10 Å². The van der Waals surface area contributed by atoms with E-state index in [1.54, 1.807) is 0 Å². The summed E-state index contributed by atoms with van der Waals surface area (Å²) < 4.78 is 10.0. The highest BCUT2D eigenvalue weighted by Gasteiger charge is 2.46. The summed E-state index contributed by atoms with van der Waals surface area (Å²) in [6.45, 7) is -0.523. The molecule has 0 radical (unpaired) electrons. The van der Waals surface area contributed by atoms with Crippen LogP contribution in [0.2, 0.25) is 0 Å². The van der Waals surface area contributed by atoms with Gasteiger partial charge in [-0.15, -0.1) is 5.10 Å². The molecule has 1 aliphatic heterocycles. The summed E-state index contributed by atoms with van der Waals surface area (Å²) in [5.74, 6) is -0.126. The first-order valence-electron chi connectivity index (χ1n) is 4.94. The standard InChI is InChI=1S/C8H13N3O6/c9-8-11-10-7(17-8)6-5(15)4(14)3(13)2(1-12)16-6/h2-6,12-15H,1H2,(H2,9,11)/t2-,3-,4+,5-,6?/m1/s1. The number of aromatic nitrogens is 2. The number of nitrogens with zero attached hydrogens (tertiary/aromatic N) is 2. The molecule has 2 heterocycles. The number of rotatable bonds is 2. The minimum absolute atomic E-state index is 0.126. The number of anilines is 1. The monoisotopic (exact) mass is 247 g/mol. The van der Waals surface area contributed by atoms with Crippen molar-refractivity contribution in [1.82, 2.24) is 10.2 Å². The molecule has 2 rings (SSSR count). The van der Waals surface area contributed by atoms with Gasteiger partial charge in [-0.25, -0.2) is 0 Å². The zero-order chi connectivity index (χ0) is 12.6. The van der Waals surface area contributed by atoms with E-state index >= 15 is 0 Å². The van der Waals surface area contributed by atoms with Crippen molar-refractivity contribution < 1.29 is 29.6 Å². The second kappa shape index (κ2) is 4.55. The zero-order valence-electron chi connectivity index (χ0n) is 8.67. The fourth-order valence-corrected chi connectivity index (χ4v) is 1.67. The van der Waals surface area contributed by atoms with E-state index in [2.05, 4.69) is 10.2 Å². The Morgan fingerprint density at radius 1 is 1.12 bits per heavy atom. The lowest BCUT2D eigenvalue weighted by Gasteiger charge is -2.38. The maximum absolute atomic E-state index is 9.70. The van der Waals surface area contributed by atoms with E-state index in [0.717, 1.165) is 0 Å². The number of hydrogen-bond acceptors (Lipinski definition) is 9. The molecule has 1 aliphatic rings. The molecule has 0 amide bonds. The van der Waals surface area contributed by atoms with Crippen LogP contribution in [0.1, 0.15) is 12.0 Å². The number of aliphatic hydroxyl groups is 4. The third-order valence-corrected chi connectivity index (χ3v) is 2.59. The molecule has 1 fully saturated rings. The van der Waals surface area contributed by atoms with Gasteiger partial charge in [0.25, 0.3) is 0 Å². The molecule has 6 N–H and O–H groups in total. The largest absolute Gasteiger partial charge is 0.405 e. The molecule has 0 aromatic carbocycles. The molecular formula is C8H13N3O6. The minimum atomic E-state index is -1.49. The second-order valence-corrected chi connectivity index (χ2v) is 3.73. The van der Waals surface area contributed by atoms with Gasteiger partial charge < -0.3 is 35.3 Å². The van der Waals surface area contributed by atoms with Crippen LogP contribution in [0, 0.1) is 0 Å². The van der Waals surface area contributed by atoms with Gasteiger partial charge in [-0.2, -0.15) is 0 Å². The van der Waals surface area contributed by atoms with Crippen molar-refractivity contribution in [3.63, 3.8) is 0 Å². The molecule has 9 nitrogen and oxygen atoms in total. The Balaban J connectivity index is 2.22. The van der Waals surface area contributed by atoms with Gasteiger partial charge in [0.2, 0.25) is 5.89 Å². The first-order valence-corrected chi connectivity index (χ1v) is 4.94. The van der Waals surface area contributed by atoms with Crippen molar-refractivity contribution in [2.75, 3.05) is 12.3 Å². The van der Waals surface area contributed by atoms with Gasteiger partial charge in [0.15, 0.2) is 6.10 Å². The topological polar surface area (TPSA) is 155 Å². The lowest BCUT2D eigenvalue weighted by molar-refractivity contribution is -0.236. The van der Waals surface area contributed by atoms with Crippen molar-refractivity contribution in [3.05, 3.63) is 5.89 Å². The Labute approximate surface area is 95.4 Å². The molecule has 0 bridgehead atoms. The van der Waals surface area contributed by atoms with Crippen LogP contribution < -0.4 is 5.73 Å². The predicted molar refractivity (Wildman–Crippen MR) is 51.4 cm³/mol. The molecular weight excluding hydrogens is 234 g/mol. The first kappa shape index (κ1) is 12.2. The van der Waals surface area contributed by atoms with Crippen molar-refractivity contribution in [3.8, 4) is 0 Å². The SMILES string of the molecule is Nc1nnc(C2O[C@H](CO)[C@@H](O)[C@H](O)[C@H]2O)o1. The highest BCUT2D eigenvalue weighted by molar-refractivity contribution is 5.08. The zero-order valence-corrected chi connectivity index (χ0v) is 8.67. The number of nitrogens with two attached hydrogens (primary N) is 1. The van der Waals surface area contributed by atoms with Crippen LogP contribution in [-0.4, -0.2) is 61.6 Å². The summed E-state index contributed by atoms with van der Waals surface area (Å²) in [6, 6.07) is -0.211. The maximum atomic E-state index is 9.70. The number of aliphatic hydroxyl groups excluding tert-OH is 4. The van der Waals surface area contributed by atoms with Crippen LogP contribution in [0.25, 0.3) is 0 Å². The number of hydrogen-bond donors (Lipinski definition) is 5. The second-order valence-electron chi connectivity index (χ2n) is 3.73. The predicted octanol–water partition coefficient (Wildman–Crippen LogP) is -2.83. The van der Waals surface area contributed by atoms with Crippen molar-refractivity contribution in [2.24, 2.45) is 0 Å². The van der Waals surface area contributed by atoms with Crippen molar-refractivity contribution in [1.29, 1.82) is 0 Å². The van der Waals surface area contributed by atoms with Gasteiger partial charge in [0, 0.05) is 0 Å². The van der Waals surface area contributed by atoms with Gasteiger partial charge >= 0.3 is 6.01 Å². The van der Waals surface area contributed by atoms with Crippen LogP contribution in [0.4, 0.5) is 6.01 Å². The Morgan fingerprint density at radius 3 is 2.35 bits per heavy atom. The van der Waals surface area contributed by atoms with E-state index in [0.29, 0.717) is 0 Å². The Kier molecular flexibility index (Phi) is 3.26. The van der Waals surface area contributed by atoms with Gasteiger partial charge in [0.05, 0.1) is 6.61 Å². The molecule has 1 aromatic rings. The Bertz CT molecular complexity index is 383. The summed E-state index contributed by atoms with van der Waals surface area (Å²) in [5, 5.41) is 44.6. The smallest absolute Gasteiger partial charge is 0.312 e. The minimum Gasteiger partial charge on any atom is -0.405 e. The molecule has 17 heavy (non-hydrogen) atoms. The van der Waals surface area contributed by atoms with Gasteiger partial charge in [-0.3, -0.25) is 0 Å². The van der Waals surface area contributed by atoms with Crippen LogP contribution in [-0.2, 0) is 4.74 Å². The normalized spacial score (nSPS) is 38.2. The molecule has 0 aliphatic carbocycles. The van der Waals surface area contributed by atoms with Crippen LogP contribution in [0.5, 0.6) is 0 Å². The maximum Gasteiger partial charge on any atom is 0.312 e. The third-order valence-electron chi connectivity index (χ3n) is 2.59. The van der Waals surface area contributed by atoms with Crippen LogP contribution in [0.3, 0.4) is 0 Å². The van der Waals surface area contributed by atoms with Crippen LogP contribution >= 0.6 is 0 Å². The van der Waals surface area contributed by atoms with E-state index in [1.807, 2.05) is 0 Å². The molecule has 0 saturated carbocycles. The first-order chi connectivity index (χ1) is 8.04. The lowest BCUT2D eigenvalue weighted by Crippen LogP contribution is -2.55. The molecule has 0 spiro atoms. The summed E-state index contributed by atoms with van der Waals surface area (Å²) in [7, 11) is 0. The van der Waals surface area contributed by atoms with E-state index in [4.69, 9.17) is 20.0 Å². The fourth-order valence-electron chi connectivity index (χ4n) is 1.67. The average Bonchev–Trinajstić information content (AvgIpc) is 2.73. The summed E-state index contributed by atoms with van der Waals surface area (Å²) in [5.41, 5.74) is 5.22. The Hall–Kier alpha value is -1.26. The van der Waals surface area contributed by atoms with Crippen LogP contribution in [0.15, 0.2) is 4.42 Å². The van der Waals surface area contributed by atoms with Crippen molar-refractivity contribution >= 4 is 6.01 Å². The summed E-state index contributed by atoms with van der Waals surface area (Å²) in [4.78, 5) is 0. The number of nitrogen functional groups attached to an aromatic ring is 1. The molecule has 1 aromatic heterocycles. The average molecular weight is 247 g/mol. The van der Waals surface area contributed by atoms with E-state index < -0.39 is 37.1 Å². The van der Waals surface area contributed by atoms with E-state index in [-0.39, 0.29) is 11.9 Å². The summed E-state index contributed by atoms with van der Waals surface area (Å²) >= 11 is 0. The fraction of sp³-hybridized carbons (Fsp3) is 0.750. The quantitative estimate of drug-likeness (QED) is 0.371. The van der Waals surface area contributed by atoms with Gasteiger partial charge in [-0.05, 0) is 0 Å². The highest BCUT2D eigenvalue weighted by Crippen LogP contribution is 2.31. The Morgan fingerprint density at radius 2 is 1.82 bits per heavy atom. The molecule has 1 unspecified atom stereocenters. The highest BCUT2D eigenvalue weighted by atomic mass is 16.6. The molecule has 5 atom stereocenters. The molecule has 96 valence electrons. The number of ether oxygens (including phenoxy) is 1. The summed E-state index contributed by atoms with van der Waals surface area (Å²) in [6.07, 6.45) is -6.53. The molecule has 1 saturated heterocycles. The van der Waals surface area contributed by atoms with E-state index in [1.165, 1.54) is 0 Å². The van der Waals surface area contributed by atoms with Crippen molar-refractivity contribution in [2.45, 2.75) is 30.5 Å². The van der Waals surface area contributed by atoms with Gasteiger partial charge in [0.1, 0.15) is 24.4 Å². The van der Waals surface area contributed by atoms with E-state index in [9.17, 15) is 15.3 Å². The third kappa shape index (κ3) is 2.10. The molecule has 9 heteroatoms. The lowest BCUT2D eigenvalue weighted by atomic mass is 9.95.